The van der Waals surface area contributed by atoms with Crippen molar-refractivity contribution in [3.05, 3.63) is 18.2 Å². The Hall–Kier alpha value is -1.17. The third kappa shape index (κ3) is 5.44. The van der Waals surface area contributed by atoms with Gasteiger partial charge >= 0.3 is 6.03 Å². The van der Waals surface area contributed by atoms with Crippen LogP contribution in [0.25, 0.3) is 0 Å². The molecule has 1 saturated heterocycles. The standard InChI is InChI=1S/C17H30N4OS/c1-14(2)16-18-8-11-20(16)10-5-7-19-17(22)21-9-4-6-15(12-21)13-23-3/h8,11,14-15H,4-7,9-10,12-13H2,1-3H3,(H,19,22)/t15-/m0/s1. The highest BCUT2D eigenvalue weighted by Crippen LogP contribution is 2.19. The average molecular weight is 339 g/mol. The first-order valence-electron chi connectivity index (χ1n) is 8.64. The minimum absolute atomic E-state index is 0.102. The van der Waals surface area contributed by atoms with Gasteiger partial charge in [0.15, 0.2) is 0 Å². The first kappa shape index (κ1) is 18.2. The molecule has 1 aliphatic heterocycles. The van der Waals surface area contributed by atoms with Gasteiger partial charge in [0.1, 0.15) is 5.82 Å². The molecule has 1 N–H and O–H groups in total. The zero-order valence-corrected chi connectivity index (χ0v) is 15.4. The zero-order valence-electron chi connectivity index (χ0n) is 14.6. The lowest BCUT2D eigenvalue weighted by Gasteiger charge is -2.32. The molecule has 6 heteroatoms. The molecule has 1 fully saturated rings. The summed E-state index contributed by atoms with van der Waals surface area (Å²) in [5.41, 5.74) is 0. The van der Waals surface area contributed by atoms with Crippen molar-refractivity contribution in [2.24, 2.45) is 5.92 Å². The summed E-state index contributed by atoms with van der Waals surface area (Å²) in [5.74, 6) is 3.36. The van der Waals surface area contributed by atoms with Crippen LogP contribution < -0.4 is 5.32 Å². The first-order chi connectivity index (χ1) is 11.1. The molecule has 130 valence electrons. The van der Waals surface area contributed by atoms with E-state index in [9.17, 15) is 4.79 Å². The van der Waals surface area contributed by atoms with Gasteiger partial charge in [-0.2, -0.15) is 11.8 Å². The van der Waals surface area contributed by atoms with Crippen molar-refractivity contribution in [3.63, 3.8) is 0 Å². The summed E-state index contributed by atoms with van der Waals surface area (Å²) in [7, 11) is 0. The highest BCUT2D eigenvalue weighted by Gasteiger charge is 2.22. The molecule has 1 aromatic heterocycles. The van der Waals surface area contributed by atoms with E-state index in [0.717, 1.165) is 50.6 Å². The quantitative estimate of drug-likeness (QED) is 0.777. The number of hydrogen-bond donors (Lipinski definition) is 1. The molecule has 0 aromatic carbocycles. The topological polar surface area (TPSA) is 50.2 Å². The molecular weight excluding hydrogens is 308 g/mol. The molecule has 5 nitrogen and oxygen atoms in total. The van der Waals surface area contributed by atoms with Gasteiger partial charge in [-0.15, -0.1) is 0 Å². The van der Waals surface area contributed by atoms with Crippen LogP contribution >= 0.6 is 11.8 Å². The Bertz CT molecular complexity index is 487. The number of aromatic nitrogens is 2. The smallest absolute Gasteiger partial charge is 0.317 e. The highest BCUT2D eigenvalue weighted by atomic mass is 32.2. The third-order valence-corrected chi connectivity index (χ3v) is 5.13. The van der Waals surface area contributed by atoms with E-state index in [0.29, 0.717) is 11.8 Å². The Morgan fingerprint density at radius 2 is 2.35 bits per heavy atom. The molecule has 23 heavy (non-hydrogen) atoms. The number of likely N-dealkylation sites (tertiary alicyclic amines) is 1. The van der Waals surface area contributed by atoms with Gasteiger partial charge in [0, 0.05) is 44.5 Å². The van der Waals surface area contributed by atoms with E-state index < -0.39 is 0 Å². The maximum Gasteiger partial charge on any atom is 0.317 e. The monoisotopic (exact) mass is 338 g/mol. The molecule has 0 saturated carbocycles. The number of piperidine rings is 1. The van der Waals surface area contributed by atoms with Gasteiger partial charge < -0.3 is 14.8 Å². The fourth-order valence-electron chi connectivity index (χ4n) is 3.19. The molecule has 0 radical (unpaired) electrons. The van der Waals surface area contributed by atoms with Gasteiger partial charge in [-0.1, -0.05) is 13.8 Å². The van der Waals surface area contributed by atoms with Gasteiger partial charge in [-0.25, -0.2) is 9.78 Å². The van der Waals surface area contributed by atoms with E-state index in [1.807, 2.05) is 29.1 Å². The van der Waals surface area contributed by atoms with Crippen LogP contribution in [0.1, 0.15) is 44.9 Å². The molecule has 0 spiro atoms. The number of rotatable bonds is 7. The Morgan fingerprint density at radius 3 is 3.09 bits per heavy atom. The van der Waals surface area contributed by atoms with Crippen molar-refractivity contribution in [1.29, 1.82) is 0 Å². The lowest BCUT2D eigenvalue weighted by molar-refractivity contribution is 0.170. The zero-order chi connectivity index (χ0) is 16.7. The van der Waals surface area contributed by atoms with Crippen molar-refractivity contribution in [3.8, 4) is 0 Å². The molecule has 1 atom stereocenters. The van der Waals surface area contributed by atoms with Crippen LogP contribution in [0.4, 0.5) is 4.79 Å². The van der Waals surface area contributed by atoms with Crippen LogP contribution in [0, 0.1) is 5.92 Å². The molecule has 2 heterocycles. The van der Waals surface area contributed by atoms with Crippen LogP contribution in [0.5, 0.6) is 0 Å². The van der Waals surface area contributed by atoms with Gasteiger partial charge in [0.2, 0.25) is 0 Å². The number of nitrogens with one attached hydrogen (secondary N) is 1. The summed E-state index contributed by atoms with van der Waals surface area (Å²) in [6.07, 6.45) is 9.33. The van der Waals surface area contributed by atoms with Crippen LogP contribution in [0.15, 0.2) is 12.4 Å². The van der Waals surface area contributed by atoms with Crippen molar-refractivity contribution in [2.75, 3.05) is 31.6 Å². The summed E-state index contributed by atoms with van der Waals surface area (Å²) < 4.78 is 2.19. The number of urea groups is 1. The van der Waals surface area contributed by atoms with Crippen LogP contribution in [0.2, 0.25) is 0 Å². The summed E-state index contributed by atoms with van der Waals surface area (Å²) in [6, 6.07) is 0.102. The fourth-order valence-corrected chi connectivity index (χ4v) is 3.93. The maximum absolute atomic E-state index is 12.3. The number of amides is 2. The van der Waals surface area contributed by atoms with Gasteiger partial charge in [-0.05, 0) is 37.2 Å². The van der Waals surface area contributed by atoms with Crippen LogP contribution in [0.3, 0.4) is 0 Å². The van der Waals surface area contributed by atoms with Gasteiger partial charge in [0.25, 0.3) is 0 Å². The number of carbonyl (C=O) groups is 1. The summed E-state index contributed by atoms with van der Waals surface area (Å²) in [4.78, 5) is 18.7. The molecule has 1 aromatic rings. The fraction of sp³-hybridized carbons (Fsp3) is 0.765. The summed E-state index contributed by atoms with van der Waals surface area (Å²) in [5, 5.41) is 3.07. The van der Waals surface area contributed by atoms with Gasteiger partial charge in [-0.3, -0.25) is 0 Å². The highest BCUT2D eigenvalue weighted by molar-refractivity contribution is 7.98. The van der Waals surface area contributed by atoms with Crippen molar-refractivity contribution >= 4 is 17.8 Å². The lowest BCUT2D eigenvalue weighted by atomic mass is 10.0. The molecule has 0 aliphatic carbocycles. The molecular formula is C17H30N4OS. The van der Waals surface area contributed by atoms with E-state index in [2.05, 4.69) is 35.0 Å². The Labute approximate surface area is 144 Å². The van der Waals surface area contributed by atoms with Crippen molar-refractivity contribution < 1.29 is 4.79 Å². The van der Waals surface area contributed by atoms with Crippen molar-refractivity contribution in [1.82, 2.24) is 19.8 Å². The number of imidazole rings is 1. The predicted molar refractivity (Wildman–Crippen MR) is 97.0 cm³/mol. The number of thioether (sulfide) groups is 1. The number of carbonyl (C=O) groups excluding carboxylic acids is 1. The Morgan fingerprint density at radius 1 is 1.52 bits per heavy atom. The van der Waals surface area contributed by atoms with E-state index in [1.54, 1.807) is 0 Å². The largest absolute Gasteiger partial charge is 0.338 e. The second-order valence-electron chi connectivity index (χ2n) is 6.63. The number of hydrogen-bond acceptors (Lipinski definition) is 3. The minimum atomic E-state index is 0.102. The van der Waals surface area contributed by atoms with Crippen LogP contribution in [-0.4, -0.2) is 52.1 Å². The molecule has 0 bridgehead atoms. The second kappa shape index (κ2) is 9.21. The van der Waals surface area contributed by atoms with E-state index in [-0.39, 0.29) is 6.03 Å². The van der Waals surface area contributed by atoms with Gasteiger partial charge in [0.05, 0.1) is 0 Å². The molecule has 0 unspecified atom stereocenters. The molecule has 2 rings (SSSR count). The van der Waals surface area contributed by atoms with E-state index in [4.69, 9.17) is 0 Å². The predicted octanol–water partition coefficient (Wildman–Crippen LogP) is 3.18. The van der Waals surface area contributed by atoms with Crippen molar-refractivity contribution in [2.45, 2.75) is 45.6 Å². The van der Waals surface area contributed by atoms with Crippen LogP contribution in [-0.2, 0) is 6.54 Å². The SMILES string of the molecule is CSC[C@H]1CCCN(C(=O)NCCCn2ccnc2C(C)C)C1. The lowest BCUT2D eigenvalue weighted by Crippen LogP contribution is -2.46. The minimum Gasteiger partial charge on any atom is -0.338 e. The average Bonchev–Trinajstić information content (AvgIpc) is 3.00. The summed E-state index contributed by atoms with van der Waals surface area (Å²) >= 11 is 1.88. The summed E-state index contributed by atoms with van der Waals surface area (Å²) in [6.45, 7) is 7.74. The third-order valence-electron chi connectivity index (χ3n) is 4.32. The first-order valence-corrected chi connectivity index (χ1v) is 10.0. The maximum atomic E-state index is 12.3. The Kier molecular flexibility index (Phi) is 7.27. The molecule has 1 aliphatic rings. The van der Waals surface area contributed by atoms with E-state index >= 15 is 0 Å². The van der Waals surface area contributed by atoms with E-state index in [1.165, 1.54) is 6.42 Å². The number of nitrogens with zero attached hydrogens (tertiary/aromatic N) is 3. The molecule has 2 amide bonds. The Balaban J connectivity index is 1.69. The second-order valence-corrected chi connectivity index (χ2v) is 7.54. The number of aryl methyl sites for hydroxylation is 1. The normalized spacial score (nSPS) is 18.4.